The molecule has 16 heavy (non-hydrogen) atoms. The number of carboxylic acids is 1. The standard InChI is InChI=1S/C13H14O3/c14-12-5-4-11(8-12)10-3-1-2-9(6-10)7-13(15)16/h1-3,6,11H,4-5,7-8H2,(H,15,16). The predicted octanol–water partition coefficient (Wildman–Crippen LogP) is 2.15. The zero-order chi connectivity index (χ0) is 11.5. The van der Waals surface area contributed by atoms with Crippen LogP contribution in [0.1, 0.15) is 36.3 Å². The molecule has 0 heterocycles. The van der Waals surface area contributed by atoms with Crippen molar-refractivity contribution in [2.45, 2.75) is 31.6 Å². The van der Waals surface area contributed by atoms with Gasteiger partial charge in [-0.1, -0.05) is 24.3 Å². The first-order chi connectivity index (χ1) is 7.65. The van der Waals surface area contributed by atoms with Crippen molar-refractivity contribution < 1.29 is 14.7 Å². The molecule has 1 atom stereocenters. The second-order valence-electron chi connectivity index (χ2n) is 4.29. The van der Waals surface area contributed by atoms with Crippen molar-refractivity contribution in [3.05, 3.63) is 35.4 Å². The Morgan fingerprint density at radius 3 is 2.88 bits per heavy atom. The first-order valence-electron chi connectivity index (χ1n) is 5.47. The second-order valence-corrected chi connectivity index (χ2v) is 4.29. The van der Waals surface area contributed by atoms with E-state index in [0.717, 1.165) is 17.5 Å². The van der Waals surface area contributed by atoms with Crippen LogP contribution in [0, 0.1) is 0 Å². The minimum Gasteiger partial charge on any atom is -0.481 e. The average Bonchev–Trinajstić information content (AvgIpc) is 2.64. The number of hydrogen-bond acceptors (Lipinski definition) is 2. The summed E-state index contributed by atoms with van der Waals surface area (Å²) in [4.78, 5) is 21.8. The summed E-state index contributed by atoms with van der Waals surface area (Å²) in [6.45, 7) is 0. The molecule has 0 aromatic heterocycles. The number of aliphatic carboxylic acids is 1. The van der Waals surface area contributed by atoms with Gasteiger partial charge in [0, 0.05) is 12.8 Å². The predicted molar refractivity (Wildman–Crippen MR) is 59.4 cm³/mol. The first kappa shape index (κ1) is 10.9. The molecule has 0 radical (unpaired) electrons. The highest BCUT2D eigenvalue weighted by Gasteiger charge is 2.23. The van der Waals surface area contributed by atoms with Crippen molar-refractivity contribution in [1.29, 1.82) is 0 Å². The van der Waals surface area contributed by atoms with E-state index in [2.05, 4.69) is 0 Å². The molecule has 1 aliphatic carbocycles. The van der Waals surface area contributed by atoms with Gasteiger partial charge in [-0.2, -0.15) is 0 Å². The van der Waals surface area contributed by atoms with Crippen LogP contribution in [0.2, 0.25) is 0 Å². The molecule has 0 aliphatic heterocycles. The number of carboxylic acid groups (broad SMARTS) is 1. The lowest BCUT2D eigenvalue weighted by molar-refractivity contribution is -0.136. The van der Waals surface area contributed by atoms with Crippen molar-refractivity contribution in [3.63, 3.8) is 0 Å². The molecule has 0 saturated heterocycles. The van der Waals surface area contributed by atoms with Crippen LogP contribution in [0.3, 0.4) is 0 Å². The summed E-state index contributed by atoms with van der Waals surface area (Å²) in [7, 11) is 0. The van der Waals surface area contributed by atoms with E-state index in [9.17, 15) is 9.59 Å². The van der Waals surface area contributed by atoms with E-state index in [1.807, 2.05) is 24.3 Å². The highest BCUT2D eigenvalue weighted by molar-refractivity contribution is 5.81. The van der Waals surface area contributed by atoms with Gasteiger partial charge in [0.15, 0.2) is 0 Å². The largest absolute Gasteiger partial charge is 0.481 e. The lowest BCUT2D eigenvalue weighted by Gasteiger charge is -2.09. The third-order valence-corrected chi connectivity index (χ3v) is 3.02. The van der Waals surface area contributed by atoms with E-state index < -0.39 is 5.97 Å². The Labute approximate surface area is 94.1 Å². The first-order valence-corrected chi connectivity index (χ1v) is 5.47. The molecule has 3 heteroatoms. The second kappa shape index (κ2) is 4.47. The van der Waals surface area contributed by atoms with E-state index in [0.29, 0.717) is 24.5 Å². The molecule has 3 nitrogen and oxygen atoms in total. The zero-order valence-corrected chi connectivity index (χ0v) is 8.98. The van der Waals surface area contributed by atoms with Gasteiger partial charge >= 0.3 is 5.97 Å². The zero-order valence-electron chi connectivity index (χ0n) is 8.98. The molecule has 1 N–H and O–H groups in total. The van der Waals surface area contributed by atoms with Crippen LogP contribution in [0.15, 0.2) is 24.3 Å². The van der Waals surface area contributed by atoms with Crippen LogP contribution in [0.25, 0.3) is 0 Å². The molecule has 0 bridgehead atoms. The van der Waals surface area contributed by atoms with Crippen molar-refractivity contribution in [3.8, 4) is 0 Å². The van der Waals surface area contributed by atoms with Gasteiger partial charge in [0.25, 0.3) is 0 Å². The van der Waals surface area contributed by atoms with Crippen molar-refractivity contribution >= 4 is 11.8 Å². The van der Waals surface area contributed by atoms with Crippen LogP contribution in [0.4, 0.5) is 0 Å². The summed E-state index contributed by atoms with van der Waals surface area (Å²) in [6, 6.07) is 7.58. The molecular formula is C13H14O3. The Kier molecular flexibility index (Phi) is 3.04. The topological polar surface area (TPSA) is 54.4 Å². The Hall–Kier alpha value is -1.64. The van der Waals surface area contributed by atoms with Gasteiger partial charge in [0.05, 0.1) is 6.42 Å². The van der Waals surface area contributed by atoms with E-state index in [4.69, 9.17) is 5.11 Å². The Bertz CT molecular complexity index is 423. The summed E-state index contributed by atoms with van der Waals surface area (Å²) < 4.78 is 0. The highest BCUT2D eigenvalue weighted by Crippen LogP contribution is 2.32. The third kappa shape index (κ3) is 2.48. The van der Waals surface area contributed by atoms with Crippen molar-refractivity contribution in [2.75, 3.05) is 0 Å². The maximum absolute atomic E-state index is 11.2. The van der Waals surface area contributed by atoms with E-state index in [-0.39, 0.29) is 6.42 Å². The van der Waals surface area contributed by atoms with E-state index >= 15 is 0 Å². The molecule has 1 fully saturated rings. The number of carbonyl (C=O) groups excluding carboxylic acids is 1. The number of Topliss-reactive ketones (excluding diaryl/α,β-unsaturated/α-hetero) is 1. The fraction of sp³-hybridized carbons (Fsp3) is 0.385. The van der Waals surface area contributed by atoms with Gasteiger partial charge in [-0.15, -0.1) is 0 Å². The molecule has 1 aliphatic rings. The maximum Gasteiger partial charge on any atom is 0.307 e. The van der Waals surface area contributed by atoms with Crippen LogP contribution < -0.4 is 0 Å². The lowest BCUT2D eigenvalue weighted by atomic mass is 9.95. The number of ketones is 1. The number of benzene rings is 1. The minimum atomic E-state index is -0.820. The van der Waals surface area contributed by atoms with Crippen LogP contribution in [0.5, 0.6) is 0 Å². The normalized spacial score (nSPS) is 20.0. The van der Waals surface area contributed by atoms with Crippen LogP contribution in [-0.2, 0) is 16.0 Å². The lowest BCUT2D eigenvalue weighted by Crippen LogP contribution is -2.01. The number of rotatable bonds is 3. The van der Waals surface area contributed by atoms with Crippen LogP contribution >= 0.6 is 0 Å². The molecule has 1 unspecified atom stereocenters. The molecule has 1 saturated carbocycles. The number of carbonyl (C=O) groups is 2. The SMILES string of the molecule is O=C(O)Cc1cccc(C2CCC(=O)C2)c1. The summed E-state index contributed by atoms with van der Waals surface area (Å²) in [6.07, 6.45) is 2.22. The minimum absolute atomic E-state index is 0.0501. The van der Waals surface area contributed by atoms with Gasteiger partial charge in [0.2, 0.25) is 0 Å². The van der Waals surface area contributed by atoms with E-state index in [1.54, 1.807) is 0 Å². The maximum atomic E-state index is 11.2. The summed E-state index contributed by atoms with van der Waals surface area (Å²) in [5.74, 6) is -0.213. The average molecular weight is 218 g/mol. The molecular weight excluding hydrogens is 204 g/mol. The van der Waals surface area contributed by atoms with Crippen molar-refractivity contribution in [1.82, 2.24) is 0 Å². The monoisotopic (exact) mass is 218 g/mol. The van der Waals surface area contributed by atoms with Crippen LogP contribution in [-0.4, -0.2) is 16.9 Å². The Morgan fingerprint density at radius 2 is 2.25 bits per heavy atom. The molecule has 1 aromatic carbocycles. The Balaban J connectivity index is 2.15. The fourth-order valence-electron chi connectivity index (χ4n) is 2.23. The third-order valence-electron chi connectivity index (χ3n) is 3.02. The van der Waals surface area contributed by atoms with Gasteiger partial charge < -0.3 is 5.11 Å². The molecule has 0 spiro atoms. The molecule has 0 amide bonds. The van der Waals surface area contributed by atoms with Crippen molar-refractivity contribution in [2.24, 2.45) is 0 Å². The molecule has 84 valence electrons. The summed E-state index contributed by atoms with van der Waals surface area (Å²) in [5, 5.41) is 8.71. The van der Waals surface area contributed by atoms with Gasteiger partial charge in [-0.25, -0.2) is 0 Å². The van der Waals surface area contributed by atoms with Gasteiger partial charge in [-0.3, -0.25) is 9.59 Å². The van der Waals surface area contributed by atoms with Gasteiger partial charge in [0.1, 0.15) is 5.78 Å². The van der Waals surface area contributed by atoms with E-state index in [1.165, 1.54) is 0 Å². The fourth-order valence-corrected chi connectivity index (χ4v) is 2.23. The van der Waals surface area contributed by atoms with Gasteiger partial charge in [-0.05, 0) is 23.5 Å². The highest BCUT2D eigenvalue weighted by atomic mass is 16.4. The summed E-state index contributed by atoms with van der Waals surface area (Å²) >= 11 is 0. The number of hydrogen-bond donors (Lipinski definition) is 1. The smallest absolute Gasteiger partial charge is 0.307 e. The molecule has 2 rings (SSSR count). The quantitative estimate of drug-likeness (QED) is 0.845. The Morgan fingerprint density at radius 1 is 1.44 bits per heavy atom. The summed E-state index contributed by atoms with van der Waals surface area (Å²) in [5.41, 5.74) is 1.91. The molecule has 1 aromatic rings.